The molecule has 0 saturated heterocycles. The minimum Gasteiger partial charge on any atom is -0.457 e. The Balaban J connectivity index is 0.965. The van der Waals surface area contributed by atoms with Crippen LogP contribution in [0, 0.1) is 0 Å². The van der Waals surface area contributed by atoms with E-state index in [2.05, 4.69) is 218 Å². The van der Waals surface area contributed by atoms with Crippen molar-refractivity contribution >= 4 is 0 Å². The van der Waals surface area contributed by atoms with E-state index in [4.69, 9.17) is 14.7 Å². The van der Waals surface area contributed by atoms with Crippen LogP contribution in [0.4, 0.5) is 0 Å². The number of rotatable bonds is 6. The SMILES string of the molecule is c1ccc(-c2ccc(-c3cc(-c4cccc(-c5ccc6c(c5)Oc5ccccc5C65c6ccccc6-c6ccccc65)c4)nc(-c4ccc(-c5ccccc5)cc4)n3)cc2)cc1. The van der Waals surface area contributed by atoms with Crippen molar-refractivity contribution in [1.82, 2.24) is 9.97 Å². The van der Waals surface area contributed by atoms with Gasteiger partial charge >= 0.3 is 0 Å². The van der Waals surface area contributed by atoms with Crippen LogP contribution in [0.25, 0.3) is 78.4 Å². The summed E-state index contributed by atoms with van der Waals surface area (Å²) in [5.41, 5.74) is 18.5. The summed E-state index contributed by atoms with van der Waals surface area (Å²) in [4.78, 5) is 10.4. The number of aromatic nitrogens is 2. The molecule has 0 fully saturated rings. The topological polar surface area (TPSA) is 35.0 Å². The van der Waals surface area contributed by atoms with Crippen LogP contribution in [0.15, 0.2) is 231 Å². The highest BCUT2D eigenvalue weighted by atomic mass is 16.5. The van der Waals surface area contributed by atoms with Gasteiger partial charge in [-0.25, -0.2) is 9.97 Å². The van der Waals surface area contributed by atoms with Crippen LogP contribution in [0.1, 0.15) is 22.3 Å². The maximum Gasteiger partial charge on any atom is 0.160 e. The Labute approximate surface area is 361 Å². The average Bonchev–Trinajstić information content (AvgIpc) is 3.65. The fourth-order valence-corrected chi connectivity index (χ4v) is 9.68. The Morgan fingerprint density at radius 1 is 0.274 bits per heavy atom. The molecule has 2 aliphatic rings. The summed E-state index contributed by atoms with van der Waals surface area (Å²) >= 11 is 0. The van der Waals surface area contributed by atoms with E-state index in [1.807, 2.05) is 12.1 Å². The van der Waals surface area contributed by atoms with Crippen LogP contribution < -0.4 is 4.74 Å². The van der Waals surface area contributed by atoms with Crippen molar-refractivity contribution in [2.24, 2.45) is 0 Å². The Morgan fingerprint density at radius 3 is 1.35 bits per heavy atom. The highest BCUT2D eigenvalue weighted by molar-refractivity contribution is 5.89. The lowest BCUT2D eigenvalue weighted by atomic mass is 9.66. The minimum absolute atomic E-state index is 0.496. The standard InChI is InChI=1S/C59H38N2O/c1-3-14-39(15-4-1)41-26-30-43(31-27-41)54-38-55(61-58(60-54)44-32-28-42(29-33-44)40-16-5-2-6-17-40)47-19-13-18-45(36-47)46-34-35-53-57(37-46)62-56-25-12-11-24-52(56)59(53)50-22-9-7-20-48(50)49-21-8-10-23-51(49)59/h1-38H. The predicted molar refractivity (Wildman–Crippen MR) is 252 cm³/mol. The number of hydrogen-bond acceptors (Lipinski definition) is 3. The van der Waals surface area contributed by atoms with Crippen molar-refractivity contribution in [3.63, 3.8) is 0 Å². The zero-order valence-electron chi connectivity index (χ0n) is 33.7. The number of fused-ring (bicyclic) bond motifs is 9. The molecule has 0 atom stereocenters. The molecule has 0 saturated carbocycles. The molecule has 3 heteroatoms. The van der Waals surface area contributed by atoms with E-state index in [1.54, 1.807) is 0 Å². The fraction of sp³-hybridized carbons (Fsp3) is 0.0169. The Kier molecular flexibility index (Phi) is 8.39. The molecule has 9 aromatic carbocycles. The van der Waals surface area contributed by atoms with Crippen LogP contribution in [0.5, 0.6) is 11.5 Å². The molecule has 10 aromatic rings. The fourth-order valence-electron chi connectivity index (χ4n) is 9.68. The number of benzene rings is 9. The molecule has 3 nitrogen and oxygen atoms in total. The second-order valence-corrected chi connectivity index (χ2v) is 16.1. The van der Waals surface area contributed by atoms with Crippen molar-refractivity contribution < 1.29 is 4.74 Å². The third kappa shape index (κ3) is 5.82. The lowest BCUT2D eigenvalue weighted by Crippen LogP contribution is -2.32. The van der Waals surface area contributed by atoms with Gasteiger partial charge in [-0.1, -0.05) is 206 Å². The van der Waals surface area contributed by atoms with Crippen molar-refractivity contribution in [2.75, 3.05) is 0 Å². The molecule has 12 rings (SSSR count). The third-order valence-electron chi connectivity index (χ3n) is 12.6. The first-order chi connectivity index (χ1) is 30.7. The second-order valence-electron chi connectivity index (χ2n) is 16.1. The van der Waals surface area contributed by atoms with Gasteiger partial charge in [0, 0.05) is 27.8 Å². The molecule has 0 unspecified atom stereocenters. The maximum absolute atomic E-state index is 6.85. The number of hydrogen-bond donors (Lipinski definition) is 0. The predicted octanol–water partition coefficient (Wildman–Crippen LogP) is 14.9. The van der Waals surface area contributed by atoms with Gasteiger partial charge in [0.2, 0.25) is 0 Å². The summed E-state index contributed by atoms with van der Waals surface area (Å²) in [6.07, 6.45) is 0. The van der Waals surface area contributed by atoms with E-state index in [0.29, 0.717) is 5.82 Å². The van der Waals surface area contributed by atoms with Crippen LogP contribution in [0.3, 0.4) is 0 Å². The van der Waals surface area contributed by atoms with E-state index in [-0.39, 0.29) is 0 Å². The van der Waals surface area contributed by atoms with Gasteiger partial charge in [0.25, 0.3) is 0 Å². The monoisotopic (exact) mass is 790 g/mol. The molecule has 0 amide bonds. The molecule has 0 radical (unpaired) electrons. The highest BCUT2D eigenvalue weighted by Gasteiger charge is 2.50. The molecule has 0 bridgehead atoms. The van der Waals surface area contributed by atoms with E-state index < -0.39 is 5.41 Å². The highest BCUT2D eigenvalue weighted by Crippen LogP contribution is 2.62. The first-order valence-corrected chi connectivity index (χ1v) is 21.1. The lowest BCUT2D eigenvalue weighted by molar-refractivity contribution is 0.436. The first kappa shape index (κ1) is 35.8. The van der Waals surface area contributed by atoms with Gasteiger partial charge in [0.1, 0.15) is 11.5 Å². The van der Waals surface area contributed by atoms with Crippen molar-refractivity contribution in [2.45, 2.75) is 5.41 Å². The van der Waals surface area contributed by atoms with Crippen LogP contribution >= 0.6 is 0 Å². The van der Waals surface area contributed by atoms with E-state index in [9.17, 15) is 0 Å². The molecule has 290 valence electrons. The zero-order valence-corrected chi connectivity index (χ0v) is 33.7. The third-order valence-corrected chi connectivity index (χ3v) is 12.6. The Hall–Kier alpha value is -8.14. The first-order valence-electron chi connectivity index (χ1n) is 21.1. The van der Waals surface area contributed by atoms with E-state index in [0.717, 1.165) is 67.4 Å². The molecule has 1 aromatic heterocycles. The van der Waals surface area contributed by atoms with Crippen molar-refractivity contribution in [3.05, 3.63) is 253 Å². The summed E-state index contributed by atoms with van der Waals surface area (Å²) < 4.78 is 6.85. The number of nitrogens with zero attached hydrogens (tertiary/aromatic N) is 2. The van der Waals surface area contributed by atoms with Crippen LogP contribution in [0.2, 0.25) is 0 Å². The minimum atomic E-state index is -0.496. The largest absolute Gasteiger partial charge is 0.457 e. The summed E-state index contributed by atoms with van der Waals surface area (Å²) in [5, 5.41) is 0. The summed E-state index contributed by atoms with van der Waals surface area (Å²) in [6.45, 7) is 0. The summed E-state index contributed by atoms with van der Waals surface area (Å²) in [5.74, 6) is 2.42. The van der Waals surface area contributed by atoms with Gasteiger partial charge in [-0.05, 0) is 79.9 Å². The molecule has 1 spiro atoms. The molecular weight excluding hydrogens is 753 g/mol. The second kappa shape index (κ2) is 14.5. The van der Waals surface area contributed by atoms with Gasteiger partial charge < -0.3 is 4.74 Å². The summed E-state index contributed by atoms with van der Waals surface area (Å²) in [7, 11) is 0. The lowest BCUT2D eigenvalue weighted by Gasteiger charge is -2.39. The number of ether oxygens (including phenoxy) is 1. The van der Waals surface area contributed by atoms with Gasteiger partial charge in [0.05, 0.1) is 16.8 Å². The quantitative estimate of drug-likeness (QED) is 0.168. The average molecular weight is 791 g/mol. The van der Waals surface area contributed by atoms with E-state index >= 15 is 0 Å². The normalized spacial score (nSPS) is 12.8. The molecular formula is C59H38N2O. The van der Waals surface area contributed by atoms with E-state index in [1.165, 1.54) is 38.9 Å². The Bertz CT molecular complexity index is 3150. The molecule has 1 aliphatic heterocycles. The molecule has 1 aliphatic carbocycles. The maximum atomic E-state index is 6.85. The van der Waals surface area contributed by atoms with Gasteiger partial charge in [0.15, 0.2) is 5.82 Å². The Morgan fingerprint density at radius 2 is 0.710 bits per heavy atom. The molecule has 2 heterocycles. The summed E-state index contributed by atoms with van der Waals surface area (Å²) in [6, 6.07) is 81.9. The van der Waals surface area contributed by atoms with Gasteiger partial charge in [-0.3, -0.25) is 0 Å². The van der Waals surface area contributed by atoms with Crippen molar-refractivity contribution in [3.8, 4) is 89.9 Å². The number of para-hydroxylation sites is 1. The van der Waals surface area contributed by atoms with Gasteiger partial charge in [-0.15, -0.1) is 0 Å². The van der Waals surface area contributed by atoms with Crippen LogP contribution in [-0.2, 0) is 5.41 Å². The van der Waals surface area contributed by atoms with Crippen LogP contribution in [-0.4, -0.2) is 9.97 Å². The smallest absolute Gasteiger partial charge is 0.160 e. The van der Waals surface area contributed by atoms with Gasteiger partial charge in [-0.2, -0.15) is 0 Å². The van der Waals surface area contributed by atoms with Crippen molar-refractivity contribution in [1.29, 1.82) is 0 Å². The molecule has 0 N–H and O–H groups in total. The zero-order chi connectivity index (χ0) is 41.0. The molecule has 62 heavy (non-hydrogen) atoms.